The Morgan fingerprint density at radius 1 is 1.20 bits per heavy atom. The van der Waals surface area contributed by atoms with Gasteiger partial charge in [0.15, 0.2) is 0 Å². The van der Waals surface area contributed by atoms with Gasteiger partial charge in [0.25, 0.3) is 0 Å². The molecular weight excluding hydrogens is 264 g/mol. The molecule has 104 valence electrons. The van der Waals surface area contributed by atoms with Gasteiger partial charge < -0.3 is 15.2 Å². The predicted octanol–water partition coefficient (Wildman–Crippen LogP) is 3.52. The van der Waals surface area contributed by atoms with E-state index in [0.29, 0.717) is 12.4 Å². The van der Waals surface area contributed by atoms with E-state index in [4.69, 9.17) is 4.74 Å². The number of benzene rings is 2. The van der Waals surface area contributed by atoms with Crippen molar-refractivity contribution < 1.29 is 18.6 Å². The summed E-state index contributed by atoms with van der Waals surface area (Å²) in [5.41, 5.74) is 1.17. The van der Waals surface area contributed by atoms with E-state index in [9.17, 15) is 13.9 Å². The highest BCUT2D eigenvalue weighted by Gasteiger charge is 2.25. The fourth-order valence-corrected chi connectivity index (χ4v) is 2.26. The van der Waals surface area contributed by atoms with Crippen LogP contribution in [0.25, 0.3) is 0 Å². The van der Waals surface area contributed by atoms with Crippen molar-refractivity contribution in [1.82, 2.24) is 0 Å². The Labute approximate surface area is 114 Å². The maximum Gasteiger partial charge on any atom is 0.146 e. The number of rotatable bonds is 2. The molecule has 0 aliphatic carbocycles. The zero-order valence-corrected chi connectivity index (χ0v) is 10.8. The summed E-state index contributed by atoms with van der Waals surface area (Å²) in [5, 5.41) is 12.3. The number of aromatic hydroxyl groups is 1. The van der Waals surface area contributed by atoms with Crippen molar-refractivity contribution in [3.05, 3.63) is 53.1 Å². The van der Waals surface area contributed by atoms with E-state index >= 15 is 0 Å². The molecule has 20 heavy (non-hydrogen) atoms. The molecule has 0 fully saturated rings. The fourth-order valence-electron chi connectivity index (χ4n) is 2.26. The number of halogens is 2. The molecule has 3 rings (SSSR count). The lowest BCUT2D eigenvalue weighted by Gasteiger charge is -2.14. The average molecular weight is 277 g/mol. The largest absolute Gasteiger partial charge is 0.508 e. The highest BCUT2D eigenvalue weighted by Crippen LogP contribution is 2.37. The number of phenolic OH excluding ortho intramolecular Hbond substituents is 1. The smallest absolute Gasteiger partial charge is 0.146 e. The van der Waals surface area contributed by atoms with Gasteiger partial charge in [0, 0.05) is 17.7 Å². The molecule has 0 saturated heterocycles. The van der Waals surface area contributed by atoms with E-state index in [1.54, 1.807) is 6.07 Å². The van der Waals surface area contributed by atoms with Crippen LogP contribution in [0.2, 0.25) is 0 Å². The van der Waals surface area contributed by atoms with Crippen LogP contribution in [0.5, 0.6) is 11.5 Å². The molecule has 0 aromatic heterocycles. The minimum Gasteiger partial charge on any atom is -0.508 e. The van der Waals surface area contributed by atoms with Crippen LogP contribution < -0.4 is 10.1 Å². The molecule has 1 unspecified atom stereocenters. The molecule has 1 atom stereocenters. The summed E-state index contributed by atoms with van der Waals surface area (Å²) in [4.78, 5) is 0. The molecule has 0 bridgehead atoms. The Balaban J connectivity index is 1.89. The van der Waals surface area contributed by atoms with E-state index in [2.05, 4.69) is 5.32 Å². The third-order valence-electron chi connectivity index (χ3n) is 3.36. The van der Waals surface area contributed by atoms with Crippen molar-refractivity contribution in [3.8, 4) is 11.5 Å². The van der Waals surface area contributed by atoms with Gasteiger partial charge >= 0.3 is 0 Å². The van der Waals surface area contributed by atoms with Gasteiger partial charge in [-0.3, -0.25) is 0 Å². The number of aryl methyl sites for hydroxylation is 1. The molecular formula is C15H13F2NO2. The summed E-state index contributed by atoms with van der Waals surface area (Å²) in [6, 6.07) is 6.77. The first-order valence-electron chi connectivity index (χ1n) is 6.22. The number of nitrogens with one attached hydrogen (secondary N) is 1. The second kappa shape index (κ2) is 4.67. The van der Waals surface area contributed by atoms with Crippen LogP contribution in [0.3, 0.4) is 0 Å². The van der Waals surface area contributed by atoms with Gasteiger partial charge in [-0.1, -0.05) is 0 Å². The van der Waals surface area contributed by atoms with Crippen LogP contribution in [0.4, 0.5) is 14.5 Å². The second-order valence-corrected chi connectivity index (χ2v) is 4.81. The number of phenols is 1. The molecule has 0 radical (unpaired) electrons. The Hall–Kier alpha value is -2.30. The summed E-state index contributed by atoms with van der Waals surface area (Å²) in [6.07, 6.45) is 0. The number of hydrogen-bond donors (Lipinski definition) is 2. The van der Waals surface area contributed by atoms with Crippen molar-refractivity contribution >= 4 is 5.69 Å². The fraction of sp³-hybridized carbons (Fsp3) is 0.200. The highest BCUT2D eigenvalue weighted by molar-refractivity contribution is 5.53. The van der Waals surface area contributed by atoms with Crippen LogP contribution in [-0.4, -0.2) is 11.7 Å². The number of ether oxygens (including phenoxy) is 1. The SMILES string of the molecule is Cc1cc(F)c(NC2COc3cc(O)ccc32)cc1F. The maximum absolute atomic E-state index is 13.8. The zero-order chi connectivity index (χ0) is 14.3. The normalized spacial score (nSPS) is 16.6. The van der Waals surface area contributed by atoms with E-state index in [-0.39, 0.29) is 23.0 Å². The highest BCUT2D eigenvalue weighted by atomic mass is 19.1. The lowest BCUT2D eigenvalue weighted by Crippen LogP contribution is -2.13. The average Bonchev–Trinajstić information content (AvgIpc) is 2.78. The van der Waals surface area contributed by atoms with Gasteiger partial charge in [0.05, 0.1) is 11.7 Å². The zero-order valence-electron chi connectivity index (χ0n) is 10.8. The number of anilines is 1. The minimum atomic E-state index is -0.504. The van der Waals surface area contributed by atoms with Crippen molar-refractivity contribution in [3.63, 3.8) is 0 Å². The Kier molecular flexibility index (Phi) is 2.97. The van der Waals surface area contributed by atoms with Crippen LogP contribution in [-0.2, 0) is 0 Å². The molecule has 1 aliphatic heterocycles. The topological polar surface area (TPSA) is 41.5 Å². The monoisotopic (exact) mass is 277 g/mol. The van der Waals surface area contributed by atoms with Crippen LogP contribution in [0.15, 0.2) is 30.3 Å². The van der Waals surface area contributed by atoms with Crippen molar-refractivity contribution in [2.24, 2.45) is 0 Å². The molecule has 5 heteroatoms. The Morgan fingerprint density at radius 2 is 2.00 bits per heavy atom. The van der Waals surface area contributed by atoms with Gasteiger partial charge in [-0.05, 0) is 30.7 Å². The third kappa shape index (κ3) is 2.15. The first-order valence-corrected chi connectivity index (χ1v) is 6.22. The van der Waals surface area contributed by atoms with Gasteiger partial charge in [0.1, 0.15) is 29.7 Å². The van der Waals surface area contributed by atoms with Crippen molar-refractivity contribution in [2.75, 3.05) is 11.9 Å². The quantitative estimate of drug-likeness (QED) is 0.882. The van der Waals surface area contributed by atoms with Gasteiger partial charge in [-0.15, -0.1) is 0 Å². The van der Waals surface area contributed by atoms with Crippen molar-refractivity contribution in [2.45, 2.75) is 13.0 Å². The lowest BCUT2D eigenvalue weighted by molar-refractivity contribution is 0.338. The minimum absolute atomic E-state index is 0.0997. The first kappa shape index (κ1) is 12.7. The summed E-state index contributed by atoms with van der Waals surface area (Å²) in [6.45, 7) is 1.81. The summed E-state index contributed by atoms with van der Waals surface area (Å²) < 4.78 is 32.7. The van der Waals surface area contributed by atoms with Gasteiger partial charge in [0.2, 0.25) is 0 Å². The van der Waals surface area contributed by atoms with Crippen LogP contribution in [0, 0.1) is 18.6 Å². The lowest BCUT2D eigenvalue weighted by atomic mass is 10.1. The predicted molar refractivity (Wildman–Crippen MR) is 71.1 cm³/mol. The second-order valence-electron chi connectivity index (χ2n) is 4.81. The summed E-state index contributed by atoms with van der Waals surface area (Å²) in [5.74, 6) is -0.303. The Bertz CT molecular complexity index is 673. The number of fused-ring (bicyclic) bond motifs is 1. The molecule has 1 aliphatic rings. The number of hydrogen-bond acceptors (Lipinski definition) is 3. The standard InChI is InChI=1S/C15H13F2NO2/c1-8-4-12(17)13(6-11(8)16)18-14-7-20-15-5-9(19)2-3-10(14)15/h2-6,14,18-19H,7H2,1H3. The van der Waals surface area contributed by atoms with Crippen LogP contribution in [0.1, 0.15) is 17.2 Å². The van der Waals surface area contributed by atoms with E-state index < -0.39 is 11.6 Å². The molecule has 0 spiro atoms. The van der Waals surface area contributed by atoms with Crippen LogP contribution >= 0.6 is 0 Å². The third-order valence-corrected chi connectivity index (χ3v) is 3.36. The summed E-state index contributed by atoms with van der Waals surface area (Å²) in [7, 11) is 0. The molecule has 2 aromatic rings. The van der Waals surface area contributed by atoms with E-state index in [1.807, 2.05) is 0 Å². The summed E-state index contributed by atoms with van der Waals surface area (Å²) >= 11 is 0. The molecule has 2 N–H and O–H groups in total. The van der Waals surface area contributed by atoms with Gasteiger partial charge in [-0.25, -0.2) is 8.78 Å². The van der Waals surface area contributed by atoms with E-state index in [0.717, 1.165) is 17.7 Å². The maximum atomic E-state index is 13.8. The molecule has 0 saturated carbocycles. The Morgan fingerprint density at radius 3 is 2.80 bits per heavy atom. The first-order chi connectivity index (χ1) is 9.54. The van der Waals surface area contributed by atoms with Crippen molar-refractivity contribution in [1.29, 1.82) is 0 Å². The molecule has 0 amide bonds. The molecule has 3 nitrogen and oxygen atoms in total. The molecule has 1 heterocycles. The van der Waals surface area contributed by atoms with Gasteiger partial charge in [-0.2, -0.15) is 0 Å². The van der Waals surface area contributed by atoms with E-state index in [1.165, 1.54) is 19.1 Å². The molecule has 2 aromatic carbocycles.